The monoisotopic (exact) mass is 236 g/mol. The minimum Gasteiger partial charge on any atom is -0.332 e. The number of carbonyl (C=O) groups is 1. The van der Waals surface area contributed by atoms with E-state index in [-0.39, 0.29) is 6.03 Å². The molecule has 0 saturated carbocycles. The van der Waals surface area contributed by atoms with Gasteiger partial charge in [0, 0.05) is 26.3 Å². The first-order valence-electron chi connectivity index (χ1n) is 6.16. The molecule has 0 spiro atoms. The van der Waals surface area contributed by atoms with Crippen LogP contribution in [0.1, 0.15) is 25.5 Å². The Kier molecular flexibility index (Phi) is 3.66. The normalized spacial score (nSPS) is 20.4. The molecule has 1 unspecified atom stereocenters. The first-order valence-corrected chi connectivity index (χ1v) is 6.16. The number of aryl methyl sites for hydroxylation is 1. The molecule has 0 bridgehead atoms. The van der Waals surface area contributed by atoms with Crippen molar-refractivity contribution >= 4 is 6.03 Å². The predicted molar refractivity (Wildman–Crippen MR) is 65.4 cm³/mol. The second-order valence-electron chi connectivity index (χ2n) is 4.83. The van der Waals surface area contributed by atoms with Crippen molar-refractivity contribution in [1.29, 1.82) is 0 Å². The number of piperidine rings is 1. The van der Waals surface area contributed by atoms with Crippen molar-refractivity contribution in [2.24, 2.45) is 13.0 Å². The molecule has 1 aliphatic heterocycles. The number of likely N-dealkylation sites (tertiary alicyclic amines) is 1. The summed E-state index contributed by atoms with van der Waals surface area (Å²) in [5.74, 6) is 0.615. The van der Waals surface area contributed by atoms with Gasteiger partial charge in [-0.25, -0.2) is 4.79 Å². The Morgan fingerprint density at radius 1 is 1.65 bits per heavy atom. The van der Waals surface area contributed by atoms with Crippen molar-refractivity contribution in [2.75, 3.05) is 13.1 Å². The number of aromatic nitrogens is 2. The van der Waals surface area contributed by atoms with Gasteiger partial charge in [-0.1, -0.05) is 6.92 Å². The van der Waals surface area contributed by atoms with Gasteiger partial charge >= 0.3 is 6.03 Å². The van der Waals surface area contributed by atoms with E-state index in [0.717, 1.165) is 25.2 Å². The highest BCUT2D eigenvalue weighted by Crippen LogP contribution is 2.15. The number of hydrogen-bond acceptors (Lipinski definition) is 2. The minimum absolute atomic E-state index is 0.0298. The van der Waals surface area contributed by atoms with Crippen LogP contribution in [-0.2, 0) is 13.6 Å². The zero-order valence-corrected chi connectivity index (χ0v) is 10.5. The Morgan fingerprint density at radius 2 is 2.47 bits per heavy atom. The maximum absolute atomic E-state index is 11.9. The quantitative estimate of drug-likeness (QED) is 0.843. The van der Waals surface area contributed by atoms with Gasteiger partial charge in [-0.05, 0) is 24.8 Å². The van der Waals surface area contributed by atoms with Crippen LogP contribution in [0, 0.1) is 5.92 Å². The van der Waals surface area contributed by atoms with Gasteiger partial charge in [-0.3, -0.25) is 4.68 Å². The molecule has 1 aliphatic rings. The molecule has 0 aromatic carbocycles. The number of amides is 2. The molecular weight excluding hydrogens is 216 g/mol. The molecule has 2 amide bonds. The number of carbonyl (C=O) groups excluding carboxylic acids is 1. The number of rotatable bonds is 2. The van der Waals surface area contributed by atoms with Crippen LogP contribution in [0.25, 0.3) is 0 Å². The smallest absolute Gasteiger partial charge is 0.317 e. The van der Waals surface area contributed by atoms with Crippen LogP contribution in [0.4, 0.5) is 4.79 Å². The van der Waals surface area contributed by atoms with Gasteiger partial charge in [-0.2, -0.15) is 5.10 Å². The Balaban J connectivity index is 1.80. The molecule has 0 aliphatic carbocycles. The molecule has 2 heterocycles. The molecular formula is C12H20N4O. The second kappa shape index (κ2) is 5.21. The van der Waals surface area contributed by atoms with Crippen molar-refractivity contribution in [3.05, 3.63) is 18.0 Å². The number of hydrogen-bond donors (Lipinski definition) is 1. The summed E-state index contributed by atoms with van der Waals surface area (Å²) in [4.78, 5) is 13.8. The lowest BCUT2D eigenvalue weighted by Gasteiger charge is -2.30. The Bertz CT molecular complexity index is 388. The molecule has 1 N–H and O–H groups in total. The highest BCUT2D eigenvalue weighted by atomic mass is 16.2. The third-order valence-electron chi connectivity index (χ3n) is 3.13. The summed E-state index contributed by atoms with van der Waals surface area (Å²) < 4.78 is 1.74. The van der Waals surface area contributed by atoms with E-state index in [0.29, 0.717) is 12.5 Å². The van der Waals surface area contributed by atoms with E-state index in [1.165, 1.54) is 6.42 Å². The molecule has 5 heteroatoms. The summed E-state index contributed by atoms with van der Waals surface area (Å²) in [6, 6.07) is 1.95. The fraction of sp³-hybridized carbons (Fsp3) is 0.667. The van der Waals surface area contributed by atoms with Crippen molar-refractivity contribution < 1.29 is 4.79 Å². The molecule has 1 fully saturated rings. The van der Waals surface area contributed by atoms with Crippen molar-refractivity contribution in [3.8, 4) is 0 Å². The van der Waals surface area contributed by atoms with Crippen LogP contribution >= 0.6 is 0 Å². The Morgan fingerprint density at radius 3 is 3.12 bits per heavy atom. The number of nitrogens with zero attached hydrogens (tertiary/aromatic N) is 3. The average molecular weight is 236 g/mol. The van der Waals surface area contributed by atoms with Crippen LogP contribution in [0.2, 0.25) is 0 Å². The fourth-order valence-electron chi connectivity index (χ4n) is 2.21. The summed E-state index contributed by atoms with van der Waals surface area (Å²) in [6.07, 6.45) is 4.21. The molecule has 0 radical (unpaired) electrons. The zero-order chi connectivity index (χ0) is 12.3. The summed E-state index contributed by atoms with van der Waals surface area (Å²) in [6.45, 7) is 4.44. The summed E-state index contributed by atoms with van der Waals surface area (Å²) in [7, 11) is 1.87. The molecule has 1 atom stereocenters. The van der Waals surface area contributed by atoms with Gasteiger partial charge in [0.25, 0.3) is 0 Å². The van der Waals surface area contributed by atoms with Gasteiger partial charge in [-0.15, -0.1) is 0 Å². The first kappa shape index (κ1) is 12.0. The van der Waals surface area contributed by atoms with E-state index in [4.69, 9.17) is 0 Å². The highest BCUT2D eigenvalue weighted by Gasteiger charge is 2.20. The van der Waals surface area contributed by atoms with Gasteiger partial charge in [0.1, 0.15) is 0 Å². The van der Waals surface area contributed by atoms with E-state index >= 15 is 0 Å². The average Bonchev–Trinajstić information content (AvgIpc) is 2.72. The lowest BCUT2D eigenvalue weighted by Crippen LogP contribution is -2.44. The summed E-state index contributed by atoms with van der Waals surface area (Å²) in [5.41, 5.74) is 0.894. The maximum Gasteiger partial charge on any atom is 0.317 e. The van der Waals surface area contributed by atoms with Crippen molar-refractivity contribution in [3.63, 3.8) is 0 Å². The van der Waals surface area contributed by atoms with Crippen LogP contribution in [0.5, 0.6) is 0 Å². The predicted octanol–water partition coefficient (Wildman–Crippen LogP) is 1.36. The molecule has 1 saturated heterocycles. The standard InChI is InChI=1S/C12H20N4O/c1-10-4-3-6-16(9-10)12(17)13-8-11-5-7-15(2)14-11/h5,7,10H,3-4,6,8-9H2,1-2H3,(H,13,17). The van der Waals surface area contributed by atoms with Gasteiger partial charge in [0.05, 0.1) is 12.2 Å². The molecule has 1 aromatic rings. The first-order chi connectivity index (χ1) is 8.15. The van der Waals surface area contributed by atoms with Crippen LogP contribution in [0.3, 0.4) is 0 Å². The van der Waals surface area contributed by atoms with Crippen molar-refractivity contribution in [2.45, 2.75) is 26.3 Å². The van der Waals surface area contributed by atoms with E-state index < -0.39 is 0 Å². The number of urea groups is 1. The van der Waals surface area contributed by atoms with Gasteiger partial charge < -0.3 is 10.2 Å². The van der Waals surface area contributed by atoms with Crippen molar-refractivity contribution in [1.82, 2.24) is 20.0 Å². The minimum atomic E-state index is 0.0298. The van der Waals surface area contributed by atoms with Gasteiger partial charge in [0.15, 0.2) is 0 Å². The maximum atomic E-state index is 11.9. The largest absolute Gasteiger partial charge is 0.332 e. The Hall–Kier alpha value is -1.52. The lowest BCUT2D eigenvalue weighted by molar-refractivity contribution is 0.169. The Labute approximate surface area is 102 Å². The molecule has 1 aromatic heterocycles. The van der Waals surface area contributed by atoms with E-state index in [1.807, 2.05) is 24.2 Å². The van der Waals surface area contributed by atoms with Crippen LogP contribution in [0.15, 0.2) is 12.3 Å². The molecule has 94 valence electrons. The van der Waals surface area contributed by atoms with Crippen LogP contribution in [-0.4, -0.2) is 33.8 Å². The van der Waals surface area contributed by atoms with E-state index in [1.54, 1.807) is 4.68 Å². The molecule has 17 heavy (non-hydrogen) atoms. The summed E-state index contributed by atoms with van der Waals surface area (Å²) >= 11 is 0. The van der Waals surface area contributed by atoms with E-state index in [9.17, 15) is 4.79 Å². The third-order valence-corrected chi connectivity index (χ3v) is 3.13. The number of nitrogens with one attached hydrogen (secondary N) is 1. The second-order valence-corrected chi connectivity index (χ2v) is 4.83. The van der Waals surface area contributed by atoms with Gasteiger partial charge in [0.2, 0.25) is 0 Å². The topological polar surface area (TPSA) is 50.2 Å². The SMILES string of the molecule is CC1CCCN(C(=O)NCc2ccn(C)n2)C1. The van der Waals surface area contributed by atoms with E-state index in [2.05, 4.69) is 17.3 Å². The fourth-order valence-corrected chi connectivity index (χ4v) is 2.21. The lowest BCUT2D eigenvalue weighted by atomic mass is 10.0. The summed E-state index contributed by atoms with van der Waals surface area (Å²) in [5, 5.41) is 7.14. The zero-order valence-electron chi connectivity index (χ0n) is 10.5. The molecule has 5 nitrogen and oxygen atoms in total. The van der Waals surface area contributed by atoms with Crippen LogP contribution < -0.4 is 5.32 Å². The molecule has 2 rings (SSSR count). The third kappa shape index (κ3) is 3.22. The highest BCUT2D eigenvalue weighted by molar-refractivity contribution is 5.74.